The lowest BCUT2D eigenvalue weighted by Gasteiger charge is -2.59. The zero-order chi connectivity index (χ0) is 38.2. The van der Waals surface area contributed by atoms with Crippen LogP contribution in [0.2, 0.25) is 0 Å². The molecular formula is C40H60O12. The average molecular weight is 733 g/mol. The molecule has 0 bridgehead atoms. The van der Waals surface area contributed by atoms with E-state index in [1.54, 1.807) is 0 Å². The minimum absolute atomic E-state index is 0.0527. The fourth-order valence-electron chi connectivity index (χ4n) is 11.0. The third-order valence-corrected chi connectivity index (χ3v) is 13.4. The highest BCUT2D eigenvalue weighted by molar-refractivity contribution is 5.91. The number of carbonyl (C=O) groups excluding carboxylic acids is 5. The van der Waals surface area contributed by atoms with Crippen LogP contribution < -0.4 is 0 Å². The van der Waals surface area contributed by atoms with E-state index in [1.807, 2.05) is 19.9 Å². The van der Waals surface area contributed by atoms with E-state index in [0.29, 0.717) is 37.0 Å². The zero-order valence-electron chi connectivity index (χ0n) is 32.3. The van der Waals surface area contributed by atoms with E-state index >= 15 is 0 Å². The number of ether oxygens (including phenoxy) is 6. The monoisotopic (exact) mass is 732 g/mol. The zero-order valence-corrected chi connectivity index (χ0v) is 32.3. The first-order valence-electron chi connectivity index (χ1n) is 19.2. The minimum atomic E-state index is -1.26. The summed E-state index contributed by atoms with van der Waals surface area (Å²) in [6.07, 6.45) is 5.32. The van der Waals surface area contributed by atoms with Gasteiger partial charge in [-0.05, 0) is 111 Å². The topological polar surface area (TPSA) is 161 Å². The summed E-state index contributed by atoms with van der Waals surface area (Å²) in [5, 5.41) is 12.4. The number of allylic oxidation sites excluding steroid dienone is 1. The molecule has 0 aromatic heterocycles. The molecule has 0 aromatic rings. The van der Waals surface area contributed by atoms with Crippen LogP contribution in [0.3, 0.4) is 0 Å². The molecule has 1 aliphatic heterocycles. The fraction of sp³-hybridized carbons (Fsp3) is 0.825. The third-order valence-electron chi connectivity index (χ3n) is 13.4. The predicted molar refractivity (Wildman–Crippen MR) is 187 cm³/mol. The Balaban J connectivity index is 1.24. The Labute approximate surface area is 308 Å². The van der Waals surface area contributed by atoms with Gasteiger partial charge in [0.2, 0.25) is 0 Å². The molecule has 1 unspecified atom stereocenters. The first-order chi connectivity index (χ1) is 24.4. The molecule has 292 valence electrons. The highest BCUT2D eigenvalue weighted by Crippen LogP contribution is 2.68. The molecule has 5 aliphatic rings. The van der Waals surface area contributed by atoms with Gasteiger partial charge in [-0.15, -0.1) is 0 Å². The summed E-state index contributed by atoms with van der Waals surface area (Å²) in [7, 11) is 0. The Morgan fingerprint density at radius 3 is 2.21 bits per heavy atom. The maximum absolute atomic E-state index is 12.4. The summed E-state index contributed by atoms with van der Waals surface area (Å²) >= 11 is 0. The molecule has 0 amide bonds. The molecular weight excluding hydrogens is 672 g/mol. The van der Waals surface area contributed by atoms with Crippen molar-refractivity contribution in [3.05, 3.63) is 11.6 Å². The molecule has 4 fully saturated rings. The highest BCUT2D eigenvalue weighted by atomic mass is 16.7. The lowest BCUT2D eigenvalue weighted by molar-refractivity contribution is -0.282. The summed E-state index contributed by atoms with van der Waals surface area (Å²) in [4.78, 5) is 60.4. The Kier molecular flexibility index (Phi) is 12.3. The molecule has 13 atom stereocenters. The Morgan fingerprint density at radius 2 is 1.56 bits per heavy atom. The van der Waals surface area contributed by atoms with Crippen molar-refractivity contribution in [1.29, 1.82) is 0 Å². The summed E-state index contributed by atoms with van der Waals surface area (Å²) in [5.74, 6) is -0.685. The Morgan fingerprint density at radius 1 is 0.885 bits per heavy atom. The maximum Gasteiger partial charge on any atom is 0.303 e. The SMILES string of the molecule is CC(=O)O[C@@H]1[C@H](OCC(C)CC[C@@H](OC(C)=O)[C@](C)(O)[C@H]2CC[C@H]3[C@@H]4CCC5=CC(=O)CC[C@]5(C)[C@H]4CC[C@]23C)OC[C@@H](OC(C)=O)[C@H]1OC(C)=O. The van der Waals surface area contributed by atoms with Crippen molar-refractivity contribution in [3.63, 3.8) is 0 Å². The number of aliphatic hydroxyl groups is 1. The molecule has 1 heterocycles. The third kappa shape index (κ3) is 8.28. The minimum Gasteiger partial charge on any atom is -0.459 e. The largest absolute Gasteiger partial charge is 0.459 e. The number of esters is 4. The van der Waals surface area contributed by atoms with Gasteiger partial charge in [-0.25, -0.2) is 0 Å². The average Bonchev–Trinajstić information content (AvgIpc) is 3.41. The van der Waals surface area contributed by atoms with Gasteiger partial charge in [0.1, 0.15) is 11.7 Å². The van der Waals surface area contributed by atoms with E-state index in [0.717, 1.165) is 44.9 Å². The van der Waals surface area contributed by atoms with E-state index in [4.69, 9.17) is 28.4 Å². The molecule has 1 N–H and O–H groups in total. The second kappa shape index (κ2) is 15.9. The van der Waals surface area contributed by atoms with Gasteiger partial charge in [0, 0.05) is 34.1 Å². The van der Waals surface area contributed by atoms with Gasteiger partial charge >= 0.3 is 23.9 Å². The Hall–Kier alpha value is -2.83. The van der Waals surface area contributed by atoms with Crippen molar-refractivity contribution < 1.29 is 57.5 Å². The van der Waals surface area contributed by atoms with Crippen molar-refractivity contribution in [2.75, 3.05) is 13.2 Å². The normalized spacial score (nSPS) is 37.9. The molecule has 3 saturated carbocycles. The van der Waals surface area contributed by atoms with E-state index in [2.05, 4.69) is 13.8 Å². The van der Waals surface area contributed by atoms with Gasteiger partial charge in [-0.2, -0.15) is 0 Å². The molecule has 12 heteroatoms. The van der Waals surface area contributed by atoms with Crippen LogP contribution in [0.5, 0.6) is 0 Å². The van der Waals surface area contributed by atoms with Crippen molar-refractivity contribution in [2.24, 2.45) is 40.4 Å². The number of rotatable bonds is 12. The van der Waals surface area contributed by atoms with Crippen molar-refractivity contribution in [3.8, 4) is 0 Å². The van der Waals surface area contributed by atoms with Crippen LogP contribution in [0.1, 0.15) is 120 Å². The van der Waals surface area contributed by atoms with Crippen LogP contribution in [0, 0.1) is 40.4 Å². The fourth-order valence-corrected chi connectivity index (χ4v) is 11.0. The van der Waals surface area contributed by atoms with E-state index in [-0.39, 0.29) is 41.7 Å². The molecule has 52 heavy (non-hydrogen) atoms. The first-order valence-corrected chi connectivity index (χ1v) is 19.2. The molecule has 1 saturated heterocycles. The second-order valence-corrected chi connectivity index (χ2v) is 17.0. The van der Waals surface area contributed by atoms with Crippen LogP contribution in [-0.2, 0) is 52.4 Å². The van der Waals surface area contributed by atoms with Crippen LogP contribution in [0.15, 0.2) is 11.6 Å². The van der Waals surface area contributed by atoms with E-state index in [1.165, 1.54) is 33.3 Å². The number of fused-ring (bicyclic) bond motifs is 5. The summed E-state index contributed by atoms with van der Waals surface area (Å²) in [6.45, 7) is 13.6. The number of hydrogen-bond acceptors (Lipinski definition) is 12. The lowest BCUT2D eigenvalue weighted by atomic mass is 9.46. The summed E-state index contributed by atoms with van der Waals surface area (Å²) in [5.41, 5.74) is 0.0467. The van der Waals surface area contributed by atoms with Crippen molar-refractivity contribution in [1.82, 2.24) is 0 Å². The number of carbonyl (C=O) groups is 5. The highest BCUT2D eigenvalue weighted by Gasteiger charge is 2.63. The van der Waals surface area contributed by atoms with Crippen LogP contribution in [0.25, 0.3) is 0 Å². The molecule has 12 nitrogen and oxygen atoms in total. The predicted octanol–water partition coefficient (Wildman–Crippen LogP) is 5.40. The quantitative estimate of drug-likeness (QED) is 0.201. The van der Waals surface area contributed by atoms with Gasteiger partial charge in [0.05, 0.1) is 13.2 Å². The van der Waals surface area contributed by atoms with Crippen molar-refractivity contribution in [2.45, 2.75) is 156 Å². The first kappa shape index (κ1) is 40.4. The maximum atomic E-state index is 12.4. The summed E-state index contributed by atoms with van der Waals surface area (Å²) < 4.78 is 34.0. The Bertz CT molecular complexity index is 1400. The second-order valence-electron chi connectivity index (χ2n) is 17.0. The van der Waals surface area contributed by atoms with Gasteiger partial charge in [-0.1, -0.05) is 26.3 Å². The molecule has 0 aromatic carbocycles. The molecule has 5 rings (SSSR count). The van der Waals surface area contributed by atoms with Crippen LogP contribution in [-0.4, -0.2) is 84.3 Å². The molecule has 0 spiro atoms. The van der Waals surface area contributed by atoms with Gasteiger partial charge in [0.15, 0.2) is 30.4 Å². The van der Waals surface area contributed by atoms with Crippen molar-refractivity contribution >= 4 is 29.7 Å². The van der Waals surface area contributed by atoms with Gasteiger partial charge in [-0.3, -0.25) is 24.0 Å². The van der Waals surface area contributed by atoms with E-state index < -0.39 is 60.2 Å². The lowest BCUT2D eigenvalue weighted by Crippen LogP contribution is -2.58. The number of ketones is 1. The molecule has 4 aliphatic carbocycles. The smallest absolute Gasteiger partial charge is 0.303 e. The van der Waals surface area contributed by atoms with Gasteiger partial charge in [0.25, 0.3) is 0 Å². The van der Waals surface area contributed by atoms with Gasteiger partial charge < -0.3 is 33.5 Å². The number of hydrogen-bond donors (Lipinski definition) is 1. The van der Waals surface area contributed by atoms with Crippen LogP contribution in [0.4, 0.5) is 0 Å². The summed E-state index contributed by atoms with van der Waals surface area (Å²) in [6, 6.07) is 0. The molecule has 0 radical (unpaired) electrons. The standard InChI is InChI=1S/C40H60O12/c1-22(20-47-37-36(52-26(5)44)35(51-25(4)43)32(21-48-37)49-23(2)41)9-14-34(50-24(3)42)40(8,46)33-13-12-30-29-11-10-27-19-28(45)15-17-38(27,6)31(29)16-18-39(30,33)7/h19,22,29-37,46H,9-18,20-21H2,1-8H3/t22?,29-,30-,31-,32+,33-,34+,35+,36-,37+,38-,39-,40+/m0/s1. The van der Waals surface area contributed by atoms with Crippen LogP contribution >= 0.6 is 0 Å². The van der Waals surface area contributed by atoms with E-state index in [9.17, 15) is 29.1 Å².